The number of benzene rings is 1. The Kier molecular flexibility index (Phi) is 6.35. The highest BCUT2D eigenvalue weighted by Crippen LogP contribution is 2.23. The van der Waals surface area contributed by atoms with Crippen LogP contribution >= 0.6 is 11.6 Å². The summed E-state index contributed by atoms with van der Waals surface area (Å²) in [4.78, 5) is 28.3. The standard InChI is InChI=1S/C16H21ClN6O2/c1-4-7-18-15(24)11-5-6-12(17)13(8-11)21-16(25)19-9(2)14-20-10(3)22-23-14/h5-6,8-9H,4,7H2,1-3H3,(H,18,24)(H2,19,21,25)(H,20,22,23). The second kappa shape index (κ2) is 8.48. The predicted octanol–water partition coefficient (Wildman–Crippen LogP) is 2.79. The van der Waals surface area contributed by atoms with E-state index in [2.05, 4.69) is 31.1 Å². The lowest BCUT2D eigenvalue weighted by Crippen LogP contribution is -2.32. The van der Waals surface area contributed by atoms with Gasteiger partial charge in [0.05, 0.1) is 16.8 Å². The highest BCUT2D eigenvalue weighted by molar-refractivity contribution is 6.33. The highest BCUT2D eigenvalue weighted by atomic mass is 35.5. The van der Waals surface area contributed by atoms with Crippen molar-refractivity contribution in [1.29, 1.82) is 0 Å². The van der Waals surface area contributed by atoms with Gasteiger partial charge in [-0.05, 0) is 38.5 Å². The van der Waals surface area contributed by atoms with Crippen LogP contribution < -0.4 is 16.0 Å². The number of amides is 3. The molecular formula is C16H21ClN6O2. The van der Waals surface area contributed by atoms with Gasteiger partial charge in [0.15, 0.2) is 5.82 Å². The van der Waals surface area contributed by atoms with Crippen LogP contribution in [0.15, 0.2) is 18.2 Å². The molecule has 1 heterocycles. The summed E-state index contributed by atoms with van der Waals surface area (Å²) < 4.78 is 0. The van der Waals surface area contributed by atoms with Crippen LogP contribution in [-0.4, -0.2) is 33.7 Å². The van der Waals surface area contributed by atoms with Gasteiger partial charge in [-0.1, -0.05) is 18.5 Å². The fraction of sp³-hybridized carbons (Fsp3) is 0.375. The highest BCUT2D eigenvalue weighted by Gasteiger charge is 2.15. The maximum atomic E-state index is 12.2. The minimum atomic E-state index is -0.469. The van der Waals surface area contributed by atoms with Crippen molar-refractivity contribution in [2.45, 2.75) is 33.2 Å². The Hall–Kier alpha value is -2.61. The molecule has 3 amide bonds. The van der Waals surface area contributed by atoms with Gasteiger partial charge in [-0.15, -0.1) is 0 Å². The predicted molar refractivity (Wildman–Crippen MR) is 95.8 cm³/mol. The van der Waals surface area contributed by atoms with E-state index in [0.29, 0.717) is 34.5 Å². The number of hydrogen-bond donors (Lipinski definition) is 4. The number of carbonyl (C=O) groups excluding carboxylic acids is 2. The topological polar surface area (TPSA) is 112 Å². The second-order valence-corrected chi connectivity index (χ2v) is 5.96. The maximum Gasteiger partial charge on any atom is 0.319 e. The van der Waals surface area contributed by atoms with Crippen molar-refractivity contribution in [3.63, 3.8) is 0 Å². The van der Waals surface area contributed by atoms with Gasteiger partial charge >= 0.3 is 6.03 Å². The number of nitrogens with one attached hydrogen (secondary N) is 4. The lowest BCUT2D eigenvalue weighted by molar-refractivity contribution is 0.0953. The largest absolute Gasteiger partial charge is 0.352 e. The van der Waals surface area contributed by atoms with Crippen LogP contribution in [0.2, 0.25) is 5.02 Å². The van der Waals surface area contributed by atoms with Crippen LogP contribution in [0.25, 0.3) is 0 Å². The van der Waals surface area contributed by atoms with Gasteiger partial charge in [0, 0.05) is 12.1 Å². The number of aryl methyl sites for hydroxylation is 1. The Morgan fingerprint density at radius 2 is 2.12 bits per heavy atom. The normalized spacial score (nSPS) is 11.7. The van der Waals surface area contributed by atoms with Crippen LogP contribution in [0.3, 0.4) is 0 Å². The molecule has 0 aliphatic carbocycles. The Balaban J connectivity index is 2.03. The lowest BCUT2D eigenvalue weighted by Gasteiger charge is -2.13. The molecule has 0 bridgehead atoms. The van der Waals surface area contributed by atoms with Crippen molar-refractivity contribution >= 4 is 29.2 Å². The number of aromatic amines is 1. The second-order valence-electron chi connectivity index (χ2n) is 5.55. The molecule has 2 aromatic rings. The zero-order valence-electron chi connectivity index (χ0n) is 14.3. The Labute approximate surface area is 150 Å². The summed E-state index contributed by atoms with van der Waals surface area (Å²) in [5, 5.41) is 15.2. The molecule has 0 radical (unpaired) electrons. The molecule has 1 aromatic carbocycles. The van der Waals surface area contributed by atoms with E-state index >= 15 is 0 Å². The molecule has 9 heteroatoms. The molecule has 0 saturated heterocycles. The number of H-pyrrole nitrogens is 1. The molecule has 0 aliphatic heterocycles. The zero-order chi connectivity index (χ0) is 18.4. The summed E-state index contributed by atoms with van der Waals surface area (Å²) >= 11 is 6.10. The SMILES string of the molecule is CCCNC(=O)c1ccc(Cl)c(NC(=O)NC(C)c2n[nH]c(C)n2)c1. The Bertz CT molecular complexity index is 761. The van der Waals surface area contributed by atoms with Crippen molar-refractivity contribution in [3.8, 4) is 0 Å². The molecule has 134 valence electrons. The summed E-state index contributed by atoms with van der Waals surface area (Å²) in [6.45, 7) is 6.09. The van der Waals surface area contributed by atoms with Crippen molar-refractivity contribution in [3.05, 3.63) is 40.4 Å². The third-order valence-electron chi connectivity index (χ3n) is 3.36. The van der Waals surface area contributed by atoms with Crippen LogP contribution in [0.5, 0.6) is 0 Å². The molecule has 0 fully saturated rings. The van der Waals surface area contributed by atoms with Crippen LogP contribution in [0.1, 0.15) is 48.3 Å². The average molecular weight is 365 g/mol. The first kappa shape index (κ1) is 18.7. The van der Waals surface area contributed by atoms with E-state index in [9.17, 15) is 9.59 Å². The average Bonchev–Trinajstić information content (AvgIpc) is 3.01. The smallest absolute Gasteiger partial charge is 0.319 e. The number of halogens is 1. The van der Waals surface area contributed by atoms with E-state index in [1.807, 2.05) is 6.92 Å². The van der Waals surface area contributed by atoms with Crippen molar-refractivity contribution in [2.75, 3.05) is 11.9 Å². The Morgan fingerprint density at radius 3 is 2.76 bits per heavy atom. The van der Waals surface area contributed by atoms with Gasteiger partial charge in [-0.2, -0.15) is 5.10 Å². The molecule has 1 aromatic heterocycles. The maximum absolute atomic E-state index is 12.2. The molecule has 1 atom stereocenters. The first-order chi connectivity index (χ1) is 11.9. The summed E-state index contributed by atoms with van der Waals surface area (Å²) in [7, 11) is 0. The van der Waals surface area contributed by atoms with Crippen molar-refractivity contribution < 1.29 is 9.59 Å². The van der Waals surface area contributed by atoms with Crippen molar-refractivity contribution in [2.24, 2.45) is 0 Å². The van der Waals surface area contributed by atoms with Crippen molar-refractivity contribution in [1.82, 2.24) is 25.8 Å². The minimum Gasteiger partial charge on any atom is -0.352 e. The summed E-state index contributed by atoms with van der Waals surface area (Å²) in [5.74, 6) is 0.927. The van der Waals surface area contributed by atoms with E-state index in [4.69, 9.17) is 11.6 Å². The molecule has 8 nitrogen and oxygen atoms in total. The molecule has 25 heavy (non-hydrogen) atoms. The first-order valence-electron chi connectivity index (χ1n) is 7.95. The Morgan fingerprint density at radius 1 is 1.36 bits per heavy atom. The molecule has 1 unspecified atom stereocenters. The van der Waals surface area contributed by atoms with E-state index < -0.39 is 6.03 Å². The third-order valence-corrected chi connectivity index (χ3v) is 3.69. The van der Waals surface area contributed by atoms with Crippen LogP contribution in [-0.2, 0) is 0 Å². The van der Waals surface area contributed by atoms with Gasteiger partial charge in [-0.3, -0.25) is 9.89 Å². The zero-order valence-corrected chi connectivity index (χ0v) is 15.1. The van der Waals surface area contributed by atoms with E-state index in [1.54, 1.807) is 26.0 Å². The number of hydrogen-bond acceptors (Lipinski definition) is 4. The van der Waals surface area contributed by atoms with E-state index in [1.165, 1.54) is 6.07 Å². The van der Waals surface area contributed by atoms with Gasteiger partial charge in [0.1, 0.15) is 5.82 Å². The third kappa shape index (κ3) is 5.18. The summed E-state index contributed by atoms with van der Waals surface area (Å²) in [5.41, 5.74) is 0.771. The number of anilines is 1. The molecule has 2 rings (SSSR count). The van der Waals surface area contributed by atoms with Gasteiger partial charge in [0.25, 0.3) is 5.91 Å². The monoisotopic (exact) mass is 364 g/mol. The summed E-state index contributed by atoms with van der Waals surface area (Å²) in [6.07, 6.45) is 0.839. The fourth-order valence-corrected chi connectivity index (χ4v) is 2.24. The van der Waals surface area contributed by atoms with Crippen LogP contribution in [0.4, 0.5) is 10.5 Å². The number of urea groups is 1. The molecular weight excluding hydrogens is 344 g/mol. The quantitative estimate of drug-likeness (QED) is 0.631. The minimum absolute atomic E-state index is 0.216. The van der Waals surface area contributed by atoms with Gasteiger partial charge in [0.2, 0.25) is 0 Å². The first-order valence-corrected chi connectivity index (χ1v) is 8.32. The molecule has 4 N–H and O–H groups in total. The molecule has 0 saturated carbocycles. The number of carbonyl (C=O) groups is 2. The molecule has 0 aliphatic rings. The number of rotatable bonds is 6. The lowest BCUT2D eigenvalue weighted by atomic mass is 10.2. The van der Waals surface area contributed by atoms with E-state index in [-0.39, 0.29) is 11.9 Å². The van der Waals surface area contributed by atoms with Crippen LogP contribution in [0, 0.1) is 6.92 Å². The molecule has 0 spiro atoms. The van der Waals surface area contributed by atoms with Gasteiger partial charge < -0.3 is 16.0 Å². The fourth-order valence-electron chi connectivity index (χ4n) is 2.08. The number of aromatic nitrogens is 3. The summed E-state index contributed by atoms with van der Waals surface area (Å²) in [6, 6.07) is 3.85. The number of nitrogens with zero attached hydrogens (tertiary/aromatic N) is 2. The van der Waals surface area contributed by atoms with Gasteiger partial charge in [-0.25, -0.2) is 9.78 Å². The van der Waals surface area contributed by atoms with E-state index in [0.717, 1.165) is 6.42 Å².